The van der Waals surface area contributed by atoms with E-state index in [2.05, 4.69) is 21.2 Å². The number of sulfonamides is 1. The van der Waals surface area contributed by atoms with Crippen LogP contribution in [0.4, 0.5) is 0 Å². The number of rotatable bonds is 6. The maximum atomic E-state index is 11.4. The van der Waals surface area contributed by atoms with Gasteiger partial charge in [-0.15, -0.1) is 0 Å². The van der Waals surface area contributed by atoms with Crippen molar-refractivity contribution in [2.75, 3.05) is 13.2 Å². The van der Waals surface area contributed by atoms with E-state index in [0.29, 0.717) is 4.47 Å². The summed E-state index contributed by atoms with van der Waals surface area (Å²) >= 11 is 3.13. The molecule has 0 fully saturated rings. The van der Waals surface area contributed by atoms with E-state index >= 15 is 0 Å². The number of ether oxygens (including phenoxy) is 1. The van der Waals surface area contributed by atoms with E-state index in [0.717, 1.165) is 0 Å². The van der Waals surface area contributed by atoms with Crippen LogP contribution in [0.5, 0.6) is 5.75 Å². The van der Waals surface area contributed by atoms with E-state index in [-0.39, 0.29) is 30.2 Å². The van der Waals surface area contributed by atoms with Crippen LogP contribution >= 0.6 is 15.9 Å². The fourth-order valence-electron chi connectivity index (χ4n) is 1.28. The number of amides is 1. The van der Waals surface area contributed by atoms with Crippen LogP contribution in [-0.4, -0.2) is 27.5 Å². The van der Waals surface area contributed by atoms with Crippen LogP contribution in [0.2, 0.25) is 0 Å². The van der Waals surface area contributed by atoms with Gasteiger partial charge in [0.05, 0.1) is 12.5 Å². The molecule has 0 atom stereocenters. The van der Waals surface area contributed by atoms with E-state index in [9.17, 15) is 13.2 Å². The molecule has 1 rings (SSSR count). The van der Waals surface area contributed by atoms with E-state index in [1.54, 1.807) is 6.07 Å². The monoisotopic (exact) mass is 361 g/mol. The lowest BCUT2D eigenvalue weighted by atomic mass is 10.3. The quantitative estimate of drug-likeness (QED) is 0.714. The number of nitrogens with zero attached hydrogens (tertiary/aromatic N) is 1. The number of primary sulfonamides is 1. The number of nitriles is 1. The molecule has 9 heteroatoms. The number of benzene rings is 1. The van der Waals surface area contributed by atoms with E-state index in [4.69, 9.17) is 15.1 Å². The summed E-state index contributed by atoms with van der Waals surface area (Å²) in [5.41, 5.74) is 0. The maximum absolute atomic E-state index is 11.4. The lowest BCUT2D eigenvalue weighted by molar-refractivity contribution is -0.123. The van der Waals surface area contributed by atoms with Gasteiger partial charge in [0, 0.05) is 11.0 Å². The Bertz CT molecular complexity index is 640. The zero-order valence-corrected chi connectivity index (χ0v) is 12.7. The first-order valence-electron chi connectivity index (χ1n) is 5.43. The molecular weight excluding hydrogens is 350 g/mol. The molecule has 0 aliphatic rings. The third-order valence-electron chi connectivity index (χ3n) is 2.13. The van der Waals surface area contributed by atoms with Crippen LogP contribution in [0.15, 0.2) is 27.6 Å². The molecule has 20 heavy (non-hydrogen) atoms. The number of halogens is 1. The Kier molecular flexibility index (Phi) is 5.94. The average molecular weight is 362 g/mol. The van der Waals surface area contributed by atoms with Crippen molar-refractivity contribution in [1.82, 2.24) is 5.32 Å². The Morgan fingerprint density at radius 2 is 2.20 bits per heavy atom. The van der Waals surface area contributed by atoms with E-state index < -0.39 is 15.9 Å². The molecule has 0 saturated carbocycles. The summed E-state index contributed by atoms with van der Waals surface area (Å²) < 4.78 is 28.5. The summed E-state index contributed by atoms with van der Waals surface area (Å²) in [6.45, 7) is -0.156. The molecule has 0 unspecified atom stereocenters. The second-order valence-corrected chi connectivity index (χ2v) is 6.13. The zero-order valence-electron chi connectivity index (χ0n) is 10.3. The highest BCUT2D eigenvalue weighted by atomic mass is 79.9. The van der Waals surface area contributed by atoms with Crippen molar-refractivity contribution in [2.45, 2.75) is 11.3 Å². The molecule has 1 amide bonds. The Labute approximate surface area is 124 Å². The van der Waals surface area contributed by atoms with Gasteiger partial charge in [-0.3, -0.25) is 4.79 Å². The minimum Gasteiger partial charge on any atom is -0.482 e. The van der Waals surface area contributed by atoms with Gasteiger partial charge in [0.25, 0.3) is 5.91 Å². The van der Waals surface area contributed by atoms with Crippen molar-refractivity contribution in [3.8, 4) is 11.8 Å². The highest BCUT2D eigenvalue weighted by molar-refractivity contribution is 9.10. The molecule has 108 valence electrons. The number of nitrogens with two attached hydrogens (primary N) is 1. The summed E-state index contributed by atoms with van der Waals surface area (Å²) in [5, 5.41) is 15.8. The van der Waals surface area contributed by atoms with Gasteiger partial charge in [-0.2, -0.15) is 5.26 Å². The van der Waals surface area contributed by atoms with Crippen LogP contribution < -0.4 is 15.2 Å². The fraction of sp³-hybridized carbons (Fsp3) is 0.273. The molecule has 7 nitrogen and oxygen atoms in total. The fourth-order valence-corrected chi connectivity index (χ4v) is 2.49. The molecule has 0 heterocycles. The lowest BCUT2D eigenvalue weighted by Gasteiger charge is -2.10. The van der Waals surface area contributed by atoms with Crippen molar-refractivity contribution in [1.29, 1.82) is 5.26 Å². The van der Waals surface area contributed by atoms with Gasteiger partial charge in [0.15, 0.2) is 6.61 Å². The third kappa shape index (κ3) is 5.16. The first-order valence-corrected chi connectivity index (χ1v) is 7.77. The number of nitrogens with one attached hydrogen (secondary N) is 1. The highest BCUT2D eigenvalue weighted by Gasteiger charge is 2.16. The van der Waals surface area contributed by atoms with Crippen molar-refractivity contribution in [3.05, 3.63) is 22.7 Å². The second-order valence-electron chi connectivity index (χ2n) is 3.68. The topological polar surface area (TPSA) is 122 Å². The molecule has 1 aromatic carbocycles. The molecule has 0 spiro atoms. The predicted molar refractivity (Wildman–Crippen MR) is 74.2 cm³/mol. The molecule has 3 N–H and O–H groups in total. The number of carbonyl (C=O) groups is 1. The molecule has 0 saturated heterocycles. The smallest absolute Gasteiger partial charge is 0.257 e. The molecular formula is C11H12BrN3O4S. The maximum Gasteiger partial charge on any atom is 0.257 e. The summed E-state index contributed by atoms with van der Waals surface area (Å²) in [6, 6.07) is 6.13. The summed E-state index contributed by atoms with van der Waals surface area (Å²) in [7, 11) is -3.95. The number of carbonyl (C=O) groups excluding carboxylic acids is 1. The van der Waals surface area contributed by atoms with Crippen LogP contribution in [-0.2, 0) is 14.8 Å². The minimum absolute atomic E-state index is 0.00821. The zero-order chi connectivity index (χ0) is 15.2. The molecule has 0 aromatic heterocycles. The first-order chi connectivity index (χ1) is 9.34. The molecule has 0 aliphatic heterocycles. The van der Waals surface area contributed by atoms with Gasteiger partial charge in [-0.25, -0.2) is 13.6 Å². The van der Waals surface area contributed by atoms with E-state index in [1.807, 2.05) is 6.07 Å². The first kappa shape index (κ1) is 16.4. The van der Waals surface area contributed by atoms with Crippen molar-refractivity contribution >= 4 is 31.9 Å². The average Bonchev–Trinajstić information content (AvgIpc) is 2.36. The Morgan fingerprint density at radius 3 is 2.80 bits per heavy atom. The van der Waals surface area contributed by atoms with E-state index in [1.165, 1.54) is 12.1 Å². The minimum atomic E-state index is -3.95. The van der Waals surface area contributed by atoms with Crippen LogP contribution in [0, 0.1) is 11.3 Å². The van der Waals surface area contributed by atoms with Crippen molar-refractivity contribution < 1.29 is 17.9 Å². The van der Waals surface area contributed by atoms with Gasteiger partial charge < -0.3 is 10.1 Å². The van der Waals surface area contributed by atoms with Gasteiger partial charge in [-0.1, -0.05) is 15.9 Å². The van der Waals surface area contributed by atoms with Crippen molar-refractivity contribution in [3.63, 3.8) is 0 Å². The van der Waals surface area contributed by atoms with Crippen LogP contribution in [0.3, 0.4) is 0 Å². The molecule has 0 aliphatic carbocycles. The van der Waals surface area contributed by atoms with Gasteiger partial charge in [-0.05, 0) is 18.2 Å². The summed E-state index contributed by atoms with van der Waals surface area (Å²) in [5.74, 6) is -0.463. The molecule has 0 bridgehead atoms. The van der Waals surface area contributed by atoms with Crippen LogP contribution in [0.25, 0.3) is 0 Å². The Hall–Kier alpha value is -1.63. The Balaban J connectivity index is 2.74. The molecule has 1 aromatic rings. The third-order valence-corrected chi connectivity index (χ3v) is 3.56. The van der Waals surface area contributed by atoms with Gasteiger partial charge in [0.2, 0.25) is 10.0 Å². The van der Waals surface area contributed by atoms with Gasteiger partial charge in [0.1, 0.15) is 10.6 Å². The second kappa shape index (κ2) is 7.23. The predicted octanol–water partition coefficient (Wildman–Crippen LogP) is 0.505. The van der Waals surface area contributed by atoms with Gasteiger partial charge >= 0.3 is 0 Å². The molecule has 0 radical (unpaired) electrons. The standard InChI is InChI=1S/C11H12BrN3O4S/c12-8-2-3-9(10(6-8)20(14,17)18)19-7-11(16)15-5-1-4-13/h2-3,6H,1,5,7H2,(H,15,16)(H2,14,17,18). The normalized spacial score (nSPS) is 10.7. The SMILES string of the molecule is N#CCCNC(=O)COc1ccc(Br)cc1S(N)(=O)=O. The highest BCUT2D eigenvalue weighted by Crippen LogP contribution is 2.26. The lowest BCUT2D eigenvalue weighted by Crippen LogP contribution is -2.29. The summed E-state index contributed by atoms with van der Waals surface area (Å²) in [4.78, 5) is 11.2. The number of hydrogen-bond donors (Lipinski definition) is 2. The van der Waals surface area contributed by atoms with Crippen molar-refractivity contribution in [2.24, 2.45) is 5.14 Å². The summed E-state index contributed by atoms with van der Waals surface area (Å²) in [6.07, 6.45) is 0.187. The Morgan fingerprint density at radius 1 is 1.50 bits per heavy atom. The number of hydrogen-bond acceptors (Lipinski definition) is 5. The largest absolute Gasteiger partial charge is 0.482 e. The van der Waals surface area contributed by atoms with Crippen LogP contribution in [0.1, 0.15) is 6.42 Å².